The molecule has 2 rings (SSSR count). The third-order valence-corrected chi connectivity index (χ3v) is 2.25. The Bertz CT molecular complexity index is 340. The summed E-state index contributed by atoms with van der Waals surface area (Å²) in [6.07, 6.45) is 4.63. The maximum absolute atomic E-state index is 10.7. The van der Waals surface area contributed by atoms with Crippen LogP contribution >= 0.6 is 0 Å². The second-order valence-electron chi connectivity index (χ2n) is 3.31. The normalized spacial score (nSPS) is 15.7. The minimum absolute atomic E-state index is 0.0542. The second-order valence-corrected chi connectivity index (χ2v) is 3.31. The molecule has 0 atom stereocenters. The number of carboxylic acid groups (broad SMARTS) is 1. The average Bonchev–Trinajstić information content (AvgIpc) is 2.15. The van der Waals surface area contributed by atoms with Crippen LogP contribution in [0.5, 0.6) is 0 Å². The minimum atomic E-state index is -0.870. The second kappa shape index (κ2) is 4.22. The molecule has 1 aliphatic heterocycles. The smallest absolute Gasteiger partial charge is 0.323 e. The molecule has 0 radical (unpaired) electrons. The van der Waals surface area contributed by atoms with Crippen molar-refractivity contribution in [1.29, 1.82) is 0 Å². The third kappa shape index (κ3) is 2.21. The standard InChI is InChI=1S/C9H11N3O3/c13-9(14)3-12(8-4-15-5-8)7-1-10-6-11-2-7/h1-2,6,8H,3-5H2,(H,13,14). The fraction of sp³-hybridized carbons (Fsp3) is 0.444. The molecular formula is C9H11N3O3. The van der Waals surface area contributed by atoms with Crippen molar-refractivity contribution in [1.82, 2.24) is 9.97 Å². The zero-order chi connectivity index (χ0) is 10.7. The maximum Gasteiger partial charge on any atom is 0.323 e. The Balaban J connectivity index is 2.14. The van der Waals surface area contributed by atoms with Crippen LogP contribution in [0.2, 0.25) is 0 Å². The summed E-state index contributed by atoms with van der Waals surface area (Å²) in [6.45, 7) is 1.06. The van der Waals surface area contributed by atoms with Crippen molar-refractivity contribution in [3.8, 4) is 0 Å². The van der Waals surface area contributed by atoms with E-state index in [9.17, 15) is 4.79 Å². The lowest BCUT2D eigenvalue weighted by molar-refractivity contribution is -0.135. The fourth-order valence-corrected chi connectivity index (χ4v) is 1.42. The highest BCUT2D eigenvalue weighted by Gasteiger charge is 2.28. The van der Waals surface area contributed by atoms with E-state index >= 15 is 0 Å². The van der Waals surface area contributed by atoms with Crippen molar-refractivity contribution in [3.63, 3.8) is 0 Å². The molecule has 1 N–H and O–H groups in total. The molecule has 6 nitrogen and oxygen atoms in total. The number of ether oxygens (including phenoxy) is 1. The van der Waals surface area contributed by atoms with E-state index in [1.165, 1.54) is 6.33 Å². The highest BCUT2D eigenvalue weighted by molar-refractivity contribution is 5.73. The number of hydrogen-bond acceptors (Lipinski definition) is 5. The molecule has 1 aromatic heterocycles. The van der Waals surface area contributed by atoms with Crippen LogP contribution in [-0.4, -0.2) is 46.8 Å². The molecule has 0 amide bonds. The van der Waals surface area contributed by atoms with E-state index in [-0.39, 0.29) is 12.6 Å². The Hall–Kier alpha value is -1.69. The number of nitrogens with zero attached hydrogens (tertiary/aromatic N) is 3. The molecule has 1 saturated heterocycles. The molecule has 1 aromatic rings. The third-order valence-electron chi connectivity index (χ3n) is 2.25. The van der Waals surface area contributed by atoms with Crippen molar-refractivity contribution in [2.24, 2.45) is 0 Å². The Kier molecular flexibility index (Phi) is 2.77. The van der Waals surface area contributed by atoms with Gasteiger partial charge in [-0.05, 0) is 0 Å². The molecule has 0 unspecified atom stereocenters. The molecule has 0 bridgehead atoms. The summed E-state index contributed by atoms with van der Waals surface area (Å²) in [6, 6.07) is 0.118. The van der Waals surface area contributed by atoms with Gasteiger partial charge in [0.05, 0.1) is 37.3 Å². The lowest BCUT2D eigenvalue weighted by Gasteiger charge is -2.37. The number of carboxylic acids is 1. The average molecular weight is 209 g/mol. The van der Waals surface area contributed by atoms with Gasteiger partial charge >= 0.3 is 5.97 Å². The van der Waals surface area contributed by atoms with Gasteiger partial charge < -0.3 is 14.7 Å². The Morgan fingerprint density at radius 2 is 2.20 bits per heavy atom. The van der Waals surface area contributed by atoms with E-state index in [2.05, 4.69) is 9.97 Å². The van der Waals surface area contributed by atoms with Gasteiger partial charge in [0.25, 0.3) is 0 Å². The van der Waals surface area contributed by atoms with E-state index in [1.54, 1.807) is 17.3 Å². The van der Waals surface area contributed by atoms with Crippen LogP contribution in [-0.2, 0) is 9.53 Å². The quantitative estimate of drug-likeness (QED) is 0.738. The summed E-state index contributed by atoms with van der Waals surface area (Å²) in [5.74, 6) is -0.870. The van der Waals surface area contributed by atoms with Crippen LogP contribution in [0.3, 0.4) is 0 Å². The van der Waals surface area contributed by atoms with Gasteiger partial charge in [-0.2, -0.15) is 0 Å². The molecule has 1 fully saturated rings. The highest BCUT2D eigenvalue weighted by atomic mass is 16.5. The molecule has 0 aliphatic carbocycles. The molecule has 0 saturated carbocycles. The van der Waals surface area contributed by atoms with Crippen molar-refractivity contribution in [3.05, 3.63) is 18.7 Å². The number of rotatable bonds is 4. The maximum atomic E-state index is 10.7. The van der Waals surface area contributed by atoms with E-state index in [0.29, 0.717) is 18.9 Å². The van der Waals surface area contributed by atoms with E-state index in [4.69, 9.17) is 9.84 Å². The number of carbonyl (C=O) groups is 1. The van der Waals surface area contributed by atoms with Crippen LogP contribution in [0.1, 0.15) is 0 Å². The summed E-state index contributed by atoms with van der Waals surface area (Å²) in [5, 5.41) is 8.79. The van der Waals surface area contributed by atoms with Crippen LogP contribution in [0, 0.1) is 0 Å². The first-order valence-electron chi connectivity index (χ1n) is 4.58. The largest absolute Gasteiger partial charge is 0.480 e. The summed E-state index contributed by atoms with van der Waals surface area (Å²) in [7, 11) is 0. The molecule has 0 aromatic carbocycles. The lowest BCUT2D eigenvalue weighted by atomic mass is 10.2. The number of aliphatic carboxylic acids is 1. The molecule has 6 heteroatoms. The first-order chi connectivity index (χ1) is 7.27. The minimum Gasteiger partial charge on any atom is -0.480 e. The molecule has 80 valence electrons. The van der Waals surface area contributed by atoms with Gasteiger partial charge in [0, 0.05) is 0 Å². The predicted molar refractivity (Wildman–Crippen MR) is 51.6 cm³/mol. The van der Waals surface area contributed by atoms with Crippen LogP contribution in [0.4, 0.5) is 5.69 Å². The zero-order valence-electron chi connectivity index (χ0n) is 8.04. The highest BCUT2D eigenvalue weighted by Crippen LogP contribution is 2.18. The topological polar surface area (TPSA) is 75.5 Å². The van der Waals surface area contributed by atoms with E-state index in [0.717, 1.165) is 0 Å². The number of aromatic nitrogens is 2. The first-order valence-corrected chi connectivity index (χ1v) is 4.58. The lowest BCUT2D eigenvalue weighted by Crippen LogP contribution is -2.51. The van der Waals surface area contributed by atoms with E-state index in [1.807, 2.05) is 0 Å². The summed E-state index contributed by atoms with van der Waals surface area (Å²) < 4.78 is 5.04. The van der Waals surface area contributed by atoms with Gasteiger partial charge in [0.2, 0.25) is 0 Å². The van der Waals surface area contributed by atoms with Gasteiger partial charge in [-0.3, -0.25) is 4.79 Å². The van der Waals surface area contributed by atoms with Gasteiger partial charge in [0.1, 0.15) is 12.9 Å². The number of anilines is 1. The molecule has 2 heterocycles. The monoisotopic (exact) mass is 209 g/mol. The van der Waals surface area contributed by atoms with Crippen molar-refractivity contribution in [2.75, 3.05) is 24.7 Å². The van der Waals surface area contributed by atoms with Crippen molar-refractivity contribution in [2.45, 2.75) is 6.04 Å². The molecule has 1 aliphatic rings. The predicted octanol–water partition coefficient (Wildman–Crippen LogP) is -0.234. The fourth-order valence-electron chi connectivity index (χ4n) is 1.42. The zero-order valence-corrected chi connectivity index (χ0v) is 8.04. The molecule has 0 spiro atoms. The Morgan fingerprint density at radius 1 is 1.53 bits per heavy atom. The van der Waals surface area contributed by atoms with Gasteiger partial charge in [0.15, 0.2) is 0 Å². The summed E-state index contributed by atoms with van der Waals surface area (Å²) in [5.41, 5.74) is 0.716. The van der Waals surface area contributed by atoms with Gasteiger partial charge in [-0.15, -0.1) is 0 Å². The van der Waals surface area contributed by atoms with Crippen LogP contribution < -0.4 is 4.90 Å². The van der Waals surface area contributed by atoms with Crippen LogP contribution in [0.25, 0.3) is 0 Å². The number of hydrogen-bond donors (Lipinski definition) is 1. The molecule has 15 heavy (non-hydrogen) atoms. The van der Waals surface area contributed by atoms with Crippen molar-refractivity contribution >= 4 is 11.7 Å². The Morgan fingerprint density at radius 3 is 2.67 bits per heavy atom. The SMILES string of the molecule is O=C(O)CN(c1cncnc1)C1COC1. The summed E-state index contributed by atoms with van der Waals surface area (Å²) in [4.78, 5) is 20.2. The molecular weight excluding hydrogens is 198 g/mol. The van der Waals surface area contributed by atoms with Gasteiger partial charge in [-0.25, -0.2) is 9.97 Å². The van der Waals surface area contributed by atoms with Crippen LogP contribution in [0.15, 0.2) is 18.7 Å². The van der Waals surface area contributed by atoms with Crippen molar-refractivity contribution < 1.29 is 14.6 Å². The van der Waals surface area contributed by atoms with Gasteiger partial charge in [-0.1, -0.05) is 0 Å². The Labute approximate surface area is 86.5 Å². The summed E-state index contributed by atoms with van der Waals surface area (Å²) >= 11 is 0. The first kappa shape index (κ1) is 9.85. The van der Waals surface area contributed by atoms with E-state index < -0.39 is 5.97 Å².